The third-order valence-electron chi connectivity index (χ3n) is 1.48. The number of carbonyl (C=O) groups is 1. The van der Waals surface area contributed by atoms with Gasteiger partial charge in [-0.15, -0.1) is 0 Å². The van der Waals surface area contributed by atoms with Gasteiger partial charge in [-0.25, -0.2) is 4.98 Å². The van der Waals surface area contributed by atoms with Gasteiger partial charge in [0.1, 0.15) is 0 Å². The molecule has 0 amide bonds. The van der Waals surface area contributed by atoms with Crippen molar-refractivity contribution in [1.82, 2.24) is 9.97 Å². The molecule has 1 aromatic heterocycles. The fraction of sp³-hybridized carbons (Fsp3) is 0.286. The molecule has 0 spiro atoms. The van der Waals surface area contributed by atoms with E-state index in [2.05, 4.69) is 9.97 Å². The largest absolute Gasteiger partial charge is 0.323 e. The van der Waals surface area contributed by atoms with Crippen molar-refractivity contribution in [2.75, 3.05) is 0 Å². The van der Waals surface area contributed by atoms with Crippen molar-refractivity contribution in [3.8, 4) is 0 Å². The van der Waals surface area contributed by atoms with E-state index in [1.807, 2.05) is 0 Å². The van der Waals surface area contributed by atoms with Crippen LogP contribution in [0.2, 0.25) is 0 Å². The summed E-state index contributed by atoms with van der Waals surface area (Å²) in [6, 6.07) is 0. The summed E-state index contributed by atoms with van der Waals surface area (Å²) in [6.07, 6.45) is 0.450. The SMILES string of the molecule is Cc1nc(C=O)c(=O)[nH]c1C. The van der Waals surface area contributed by atoms with Crippen LogP contribution in [0.3, 0.4) is 0 Å². The van der Waals surface area contributed by atoms with Crippen molar-refractivity contribution >= 4 is 6.29 Å². The Morgan fingerprint density at radius 2 is 2.09 bits per heavy atom. The molecular weight excluding hydrogens is 144 g/mol. The number of aryl methyl sites for hydroxylation is 2. The predicted octanol–water partition coefficient (Wildman–Crippen LogP) is 0.199. The van der Waals surface area contributed by atoms with E-state index in [0.29, 0.717) is 17.7 Å². The summed E-state index contributed by atoms with van der Waals surface area (Å²) < 4.78 is 0. The maximum Gasteiger partial charge on any atom is 0.277 e. The molecule has 4 nitrogen and oxygen atoms in total. The van der Waals surface area contributed by atoms with E-state index in [0.717, 1.165) is 0 Å². The van der Waals surface area contributed by atoms with Crippen LogP contribution in [0.15, 0.2) is 4.79 Å². The van der Waals surface area contributed by atoms with Gasteiger partial charge < -0.3 is 4.98 Å². The molecule has 4 heteroatoms. The molecule has 1 heterocycles. The van der Waals surface area contributed by atoms with E-state index in [1.54, 1.807) is 13.8 Å². The van der Waals surface area contributed by atoms with Crippen molar-refractivity contribution in [3.05, 3.63) is 27.4 Å². The van der Waals surface area contributed by atoms with Gasteiger partial charge in [-0.2, -0.15) is 0 Å². The van der Waals surface area contributed by atoms with Gasteiger partial charge in [0.15, 0.2) is 12.0 Å². The molecule has 0 saturated heterocycles. The van der Waals surface area contributed by atoms with E-state index < -0.39 is 5.56 Å². The Labute approximate surface area is 63.3 Å². The maximum absolute atomic E-state index is 10.9. The Balaban J connectivity index is 3.44. The number of carbonyl (C=O) groups excluding carboxylic acids is 1. The fourth-order valence-electron chi connectivity index (χ4n) is 0.720. The number of nitrogens with zero attached hydrogens (tertiary/aromatic N) is 1. The lowest BCUT2D eigenvalue weighted by Gasteiger charge is -1.97. The van der Waals surface area contributed by atoms with Gasteiger partial charge in [-0.1, -0.05) is 0 Å². The van der Waals surface area contributed by atoms with Crippen LogP contribution < -0.4 is 5.56 Å². The van der Waals surface area contributed by atoms with Crippen LogP contribution in [0.5, 0.6) is 0 Å². The van der Waals surface area contributed by atoms with Crippen LogP contribution in [0.4, 0.5) is 0 Å². The van der Waals surface area contributed by atoms with Crippen molar-refractivity contribution in [2.45, 2.75) is 13.8 Å². The van der Waals surface area contributed by atoms with E-state index in [-0.39, 0.29) is 5.69 Å². The predicted molar refractivity (Wildman–Crippen MR) is 39.7 cm³/mol. The first-order chi connectivity index (χ1) is 5.15. The second kappa shape index (κ2) is 2.65. The number of rotatable bonds is 1. The zero-order chi connectivity index (χ0) is 8.43. The number of aldehydes is 1. The molecule has 0 aromatic carbocycles. The van der Waals surface area contributed by atoms with Gasteiger partial charge in [-0.05, 0) is 13.8 Å². The smallest absolute Gasteiger partial charge is 0.277 e. The van der Waals surface area contributed by atoms with Gasteiger partial charge in [-0.3, -0.25) is 9.59 Å². The van der Waals surface area contributed by atoms with Crippen molar-refractivity contribution in [3.63, 3.8) is 0 Å². The monoisotopic (exact) mass is 152 g/mol. The molecule has 0 saturated carbocycles. The number of H-pyrrole nitrogens is 1. The molecule has 1 rings (SSSR count). The molecule has 0 unspecified atom stereocenters. The third kappa shape index (κ3) is 1.34. The molecule has 0 aliphatic rings. The lowest BCUT2D eigenvalue weighted by atomic mass is 10.3. The zero-order valence-corrected chi connectivity index (χ0v) is 6.34. The van der Waals surface area contributed by atoms with Gasteiger partial charge in [0.25, 0.3) is 5.56 Å². The minimum absolute atomic E-state index is 0.0619. The van der Waals surface area contributed by atoms with E-state index in [9.17, 15) is 9.59 Å². The number of nitrogens with one attached hydrogen (secondary N) is 1. The summed E-state index contributed by atoms with van der Waals surface area (Å²) in [5, 5.41) is 0. The number of hydrogen-bond donors (Lipinski definition) is 1. The van der Waals surface area contributed by atoms with Crippen molar-refractivity contribution in [1.29, 1.82) is 0 Å². The summed E-state index contributed by atoms with van der Waals surface area (Å²) in [5.74, 6) is 0. The first-order valence-corrected chi connectivity index (χ1v) is 3.18. The van der Waals surface area contributed by atoms with Crippen molar-refractivity contribution in [2.24, 2.45) is 0 Å². The third-order valence-corrected chi connectivity index (χ3v) is 1.48. The van der Waals surface area contributed by atoms with Gasteiger partial charge in [0.2, 0.25) is 0 Å². The Morgan fingerprint density at radius 3 is 2.64 bits per heavy atom. The number of aromatic amines is 1. The van der Waals surface area contributed by atoms with Gasteiger partial charge >= 0.3 is 0 Å². The first kappa shape index (κ1) is 7.65. The molecular formula is C7H8N2O2. The highest BCUT2D eigenvalue weighted by Gasteiger charge is 2.01. The first-order valence-electron chi connectivity index (χ1n) is 3.18. The quantitative estimate of drug-likeness (QED) is 0.584. The average molecular weight is 152 g/mol. The Hall–Kier alpha value is -1.45. The molecule has 0 aliphatic carbocycles. The second-order valence-electron chi connectivity index (χ2n) is 2.28. The summed E-state index contributed by atoms with van der Waals surface area (Å²) in [6.45, 7) is 3.47. The van der Waals surface area contributed by atoms with Crippen LogP contribution in [0, 0.1) is 13.8 Å². The Morgan fingerprint density at radius 1 is 1.45 bits per heavy atom. The summed E-state index contributed by atoms with van der Waals surface area (Å²) in [7, 11) is 0. The molecule has 11 heavy (non-hydrogen) atoms. The minimum atomic E-state index is -0.428. The molecule has 0 bridgehead atoms. The topological polar surface area (TPSA) is 62.8 Å². The molecule has 58 valence electrons. The highest BCUT2D eigenvalue weighted by molar-refractivity contribution is 5.70. The van der Waals surface area contributed by atoms with Crippen LogP contribution in [-0.2, 0) is 0 Å². The standard InChI is InChI=1S/C7H8N2O2/c1-4-5(2)9-7(11)6(3-10)8-4/h3H,1-2H3,(H,9,11). The lowest BCUT2D eigenvalue weighted by molar-refractivity contribution is 0.111. The average Bonchev–Trinajstić information content (AvgIpc) is 1.97. The molecule has 1 aromatic rings. The minimum Gasteiger partial charge on any atom is -0.323 e. The van der Waals surface area contributed by atoms with Crippen LogP contribution in [-0.4, -0.2) is 16.3 Å². The zero-order valence-electron chi connectivity index (χ0n) is 6.34. The maximum atomic E-state index is 10.9. The normalized spacial score (nSPS) is 9.64. The lowest BCUT2D eigenvalue weighted by Crippen LogP contribution is -2.16. The van der Waals surface area contributed by atoms with Crippen LogP contribution in [0.25, 0.3) is 0 Å². The number of aromatic nitrogens is 2. The molecule has 0 aliphatic heterocycles. The summed E-state index contributed by atoms with van der Waals surface area (Å²) in [4.78, 5) is 27.4. The highest BCUT2D eigenvalue weighted by atomic mass is 16.1. The fourth-order valence-corrected chi connectivity index (χ4v) is 0.720. The van der Waals surface area contributed by atoms with Crippen molar-refractivity contribution < 1.29 is 4.79 Å². The highest BCUT2D eigenvalue weighted by Crippen LogP contribution is 1.94. The summed E-state index contributed by atoms with van der Waals surface area (Å²) >= 11 is 0. The molecule has 0 radical (unpaired) electrons. The molecule has 1 N–H and O–H groups in total. The Bertz CT molecular complexity index is 341. The number of hydrogen-bond acceptors (Lipinski definition) is 3. The second-order valence-corrected chi connectivity index (χ2v) is 2.28. The van der Waals surface area contributed by atoms with Crippen LogP contribution >= 0.6 is 0 Å². The van der Waals surface area contributed by atoms with E-state index in [1.165, 1.54) is 0 Å². The van der Waals surface area contributed by atoms with E-state index >= 15 is 0 Å². The van der Waals surface area contributed by atoms with E-state index in [4.69, 9.17) is 0 Å². The van der Waals surface area contributed by atoms with Gasteiger partial charge in [0.05, 0.1) is 5.69 Å². The van der Waals surface area contributed by atoms with Gasteiger partial charge in [0, 0.05) is 5.69 Å². The Kier molecular flexibility index (Phi) is 1.85. The molecule has 0 atom stereocenters. The summed E-state index contributed by atoms with van der Waals surface area (Å²) in [5.41, 5.74) is 0.878. The molecule has 0 fully saturated rings. The van der Waals surface area contributed by atoms with Crippen LogP contribution in [0.1, 0.15) is 21.9 Å².